The van der Waals surface area contributed by atoms with E-state index in [-0.39, 0.29) is 5.91 Å². The molecule has 4 nitrogen and oxygen atoms in total. The van der Waals surface area contributed by atoms with Gasteiger partial charge < -0.3 is 10.2 Å². The van der Waals surface area contributed by atoms with Crippen LogP contribution in [0.2, 0.25) is 5.02 Å². The average molecular weight is 364 g/mol. The monoisotopic (exact) mass is 363 g/mol. The third-order valence-electron chi connectivity index (χ3n) is 4.33. The molecule has 2 aromatic rings. The largest absolute Gasteiger partial charge is 0.362 e. The number of anilines is 1. The number of thiazole rings is 1. The number of likely N-dealkylation sites (tertiary alicyclic amines) is 1. The van der Waals surface area contributed by atoms with Gasteiger partial charge in [0.1, 0.15) is 4.88 Å². The van der Waals surface area contributed by atoms with Gasteiger partial charge in [0, 0.05) is 24.7 Å². The van der Waals surface area contributed by atoms with E-state index in [9.17, 15) is 4.79 Å². The van der Waals surface area contributed by atoms with Crippen molar-refractivity contribution in [1.29, 1.82) is 0 Å². The van der Waals surface area contributed by atoms with Crippen molar-refractivity contribution in [1.82, 2.24) is 9.88 Å². The first-order valence-corrected chi connectivity index (χ1v) is 9.51. The molecule has 128 valence electrons. The van der Waals surface area contributed by atoms with Crippen LogP contribution < -0.4 is 5.32 Å². The Balaban J connectivity index is 1.62. The minimum Gasteiger partial charge on any atom is -0.362 e. The molecule has 24 heavy (non-hydrogen) atoms. The summed E-state index contributed by atoms with van der Waals surface area (Å²) in [6, 6.07) is 8.00. The van der Waals surface area contributed by atoms with Gasteiger partial charge in [-0.05, 0) is 50.3 Å². The van der Waals surface area contributed by atoms with E-state index in [1.165, 1.54) is 16.9 Å². The molecular weight excluding hydrogens is 342 g/mol. The molecule has 1 saturated heterocycles. The first kappa shape index (κ1) is 17.2. The second-order valence-corrected chi connectivity index (χ2v) is 7.64. The molecule has 0 saturated carbocycles. The van der Waals surface area contributed by atoms with E-state index in [2.05, 4.69) is 22.4 Å². The van der Waals surface area contributed by atoms with Crippen molar-refractivity contribution >= 4 is 34.0 Å². The van der Waals surface area contributed by atoms with Crippen molar-refractivity contribution < 1.29 is 4.79 Å². The number of hydrogen-bond donors (Lipinski definition) is 1. The fourth-order valence-corrected chi connectivity index (χ4v) is 4.23. The Morgan fingerprint density at radius 1 is 1.42 bits per heavy atom. The van der Waals surface area contributed by atoms with Crippen LogP contribution in [0.3, 0.4) is 0 Å². The number of halogens is 1. The van der Waals surface area contributed by atoms with Gasteiger partial charge in [-0.1, -0.05) is 35.1 Å². The number of aromatic nitrogens is 1. The number of benzene rings is 1. The Morgan fingerprint density at radius 2 is 2.17 bits per heavy atom. The molecule has 1 amide bonds. The maximum atomic E-state index is 12.8. The number of carbonyl (C=O) groups is 1. The zero-order valence-electron chi connectivity index (χ0n) is 14.0. The van der Waals surface area contributed by atoms with Crippen LogP contribution in [0.25, 0.3) is 0 Å². The van der Waals surface area contributed by atoms with Crippen molar-refractivity contribution in [2.45, 2.75) is 26.7 Å². The van der Waals surface area contributed by atoms with E-state index in [0.29, 0.717) is 5.92 Å². The maximum Gasteiger partial charge on any atom is 0.265 e. The molecule has 1 unspecified atom stereocenters. The third kappa shape index (κ3) is 3.90. The fourth-order valence-electron chi connectivity index (χ4n) is 3.10. The molecular formula is C18H22ClN3OS. The van der Waals surface area contributed by atoms with Gasteiger partial charge in [0.2, 0.25) is 0 Å². The smallest absolute Gasteiger partial charge is 0.265 e. The number of nitrogens with one attached hydrogen (secondary N) is 1. The number of amides is 1. The number of carbonyl (C=O) groups excluding carboxylic acids is 1. The van der Waals surface area contributed by atoms with E-state index >= 15 is 0 Å². The van der Waals surface area contributed by atoms with Gasteiger partial charge in [-0.3, -0.25) is 4.79 Å². The topological polar surface area (TPSA) is 45.2 Å². The van der Waals surface area contributed by atoms with Crippen molar-refractivity contribution in [3.05, 3.63) is 45.4 Å². The van der Waals surface area contributed by atoms with Crippen LogP contribution in [0.5, 0.6) is 0 Å². The van der Waals surface area contributed by atoms with Crippen LogP contribution in [0, 0.1) is 12.8 Å². The van der Waals surface area contributed by atoms with Crippen molar-refractivity contribution in [3.8, 4) is 0 Å². The zero-order valence-corrected chi connectivity index (χ0v) is 15.6. The molecule has 1 aliphatic heterocycles. The highest BCUT2D eigenvalue weighted by atomic mass is 35.5. The molecule has 0 aliphatic carbocycles. The lowest BCUT2D eigenvalue weighted by atomic mass is 9.99. The number of rotatable bonds is 5. The summed E-state index contributed by atoms with van der Waals surface area (Å²) in [4.78, 5) is 19.9. The number of nitrogens with zero attached hydrogens (tertiary/aromatic N) is 2. The molecule has 1 fully saturated rings. The van der Waals surface area contributed by atoms with Crippen LogP contribution in [0.15, 0.2) is 24.3 Å². The zero-order chi connectivity index (χ0) is 17.1. The quantitative estimate of drug-likeness (QED) is 0.864. The maximum absolute atomic E-state index is 12.8. The molecule has 1 aromatic carbocycles. The van der Waals surface area contributed by atoms with E-state index < -0.39 is 0 Å². The molecule has 3 rings (SSSR count). The van der Waals surface area contributed by atoms with Crippen LogP contribution in [0.4, 0.5) is 5.13 Å². The minimum atomic E-state index is 0.118. The van der Waals surface area contributed by atoms with Crippen molar-refractivity contribution in [2.24, 2.45) is 5.92 Å². The molecule has 1 aromatic heterocycles. The number of aryl methyl sites for hydroxylation is 1. The summed E-state index contributed by atoms with van der Waals surface area (Å²) in [5.41, 5.74) is 2.10. The molecule has 0 radical (unpaired) electrons. The second-order valence-electron chi connectivity index (χ2n) is 6.20. The van der Waals surface area contributed by atoms with Crippen molar-refractivity contribution in [2.75, 3.05) is 25.0 Å². The highest BCUT2D eigenvalue weighted by Crippen LogP contribution is 2.28. The minimum absolute atomic E-state index is 0.118. The summed E-state index contributed by atoms with van der Waals surface area (Å²) in [6.45, 7) is 6.39. The molecule has 0 spiro atoms. The Labute approximate surface area is 151 Å². The summed E-state index contributed by atoms with van der Waals surface area (Å²) in [5.74, 6) is 0.629. The lowest BCUT2D eigenvalue weighted by Gasteiger charge is -2.16. The van der Waals surface area contributed by atoms with Gasteiger partial charge in [-0.15, -0.1) is 0 Å². The lowest BCUT2D eigenvalue weighted by Crippen LogP contribution is -2.28. The summed E-state index contributed by atoms with van der Waals surface area (Å²) < 4.78 is 0. The van der Waals surface area contributed by atoms with Gasteiger partial charge in [-0.25, -0.2) is 4.98 Å². The predicted molar refractivity (Wildman–Crippen MR) is 100 cm³/mol. The molecule has 2 heterocycles. The molecule has 1 aliphatic rings. The first-order valence-electron chi connectivity index (χ1n) is 8.31. The van der Waals surface area contributed by atoms with E-state index in [1.54, 1.807) is 0 Å². The van der Waals surface area contributed by atoms with Gasteiger partial charge in [0.15, 0.2) is 5.13 Å². The number of hydrogen-bond acceptors (Lipinski definition) is 4. The van der Waals surface area contributed by atoms with Crippen LogP contribution in [0.1, 0.15) is 34.3 Å². The highest BCUT2D eigenvalue weighted by molar-refractivity contribution is 7.17. The van der Waals surface area contributed by atoms with Gasteiger partial charge in [0.05, 0.1) is 5.69 Å². The Bertz CT molecular complexity index is 714. The Kier molecular flexibility index (Phi) is 5.41. The van der Waals surface area contributed by atoms with Crippen molar-refractivity contribution in [3.63, 3.8) is 0 Å². The predicted octanol–water partition coefficient (Wildman–Crippen LogP) is 4.24. The van der Waals surface area contributed by atoms with Gasteiger partial charge in [-0.2, -0.15) is 0 Å². The average Bonchev–Trinajstić information content (AvgIpc) is 3.16. The SMILES string of the molecule is CCNc1nc(C)c(C(=O)N2CCC(Cc3ccc(Cl)cc3)C2)s1. The summed E-state index contributed by atoms with van der Waals surface area (Å²) in [5, 5.41) is 4.78. The highest BCUT2D eigenvalue weighted by Gasteiger charge is 2.29. The Morgan fingerprint density at radius 3 is 2.88 bits per heavy atom. The standard InChI is InChI=1S/C18H22ClN3OS/c1-3-20-18-21-12(2)16(24-18)17(23)22-9-8-14(11-22)10-13-4-6-15(19)7-5-13/h4-7,14H,3,8-11H2,1-2H3,(H,20,21). The van der Waals surface area contributed by atoms with E-state index in [1.807, 2.05) is 30.9 Å². The second kappa shape index (κ2) is 7.53. The summed E-state index contributed by atoms with van der Waals surface area (Å²) in [6.07, 6.45) is 2.04. The Hall–Kier alpha value is -1.59. The fraction of sp³-hybridized carbons (Fsp3) is 0.444. The van der Waals surface area contributed by atoms with Crippen LogP contribution in [-0.4, -0.2) is 35.4 Å². The third-order valence-corrected chi connectivity index (χ3v) is 5.68. The lowest BCUT2D eigenvalue weighted by molar-refractivity contribution is 0.0791. The van der Waals surface area contributed by atoms with E-state index in [4.69, 9.17) is 11.6 Å². The molecule has 0 bridgehead atoms. The van der Waals surface area contributed by atoms with Crippen LogP contribution >= 0.6 is 22.9 Å². The molecule has 1 atom stereocenters. The normalized spacial score (nSPS) is 17.3. The van der Waals surface area contributed by atoms with Gasteiger partial charge >= 0.3 is 0 Å². The molecule has 6 heteroatoms. The van der Waals surface area contributed by atoms with Gasteiger partial charge in [0.25, 0.3) is 5.91 Å². The van der Waals surface area contributed by atoms with E-state index in [0.717, 1.165) is 53.2 Å². The summed E-state index contributed by atoms with van der Waals surface area (Å²) >= 11 is 7.40. The van der Waals surface area contributed by atoms with Crippen LogP contribution in [-0.2, 0) is 6.42 Å². The summed E-state index contributed by atoms with van der Waals surface area (Å²) in [7, 11) is 0. The first-order chi connectivity index (χ1) is 11.6. The molecule has 1 N–H and O–H groups in total.